The fourth-order valence-corrected chi connectivity index (χ4v) is 5.12. The third kappa shape index (κ3) is 5.87. The maximum Gasteiger partial charge on any atom is 0.309 e. The number of carbonyl (C=O) groups is 2. The SMILES string of the molecule is CCS(=O)(=O)N1CCC(C(=O)OCC(=O)N2CCN(S(C)(=O)=O)CC2)CC1. The molecule has 0 aromatic rings. The van der Waals surface area contributed by atoms with Gasteiger partial charge in [-0.2, -0.15) is 4.31 Å². The summed E-state index contributed by atoms with van der Waals surface area (Å²) in [7, 11) is -6.52. The van der Waals surface area contributed by atoms with Crippen molar-refractivity contribution in [2.24, 2.45) is 5.92 Å². The molecule has 0 spiro atoms. The van der Waals surface area contributed by atoms with Crippen molar-refractivity contribution in [2.75, 3.05) is 57.9 Å². The fraction of sp³-hybridized carbons (Fsp3) is 0.867. The molecule has 0 bridgehead atoms. The zero-order valence-electron chi connectivity index (χ0n) is 15.7. The predicted octanol–water partition coefficient (Wildman–Crippen LogP) is -1.30. The predicted molar refractivity (Wildman–Crippen MR) is 97.7 cm³/mol. The molecule has 10 nitrogen and oxygen atoms in total. The van der Waals surface area contributed by atoms with Crippen LogP contribution in [0.1, 0.15) is 19.8 Å². The number of ether oxygens (including phenoxy) is 1. The van der Waals surface area contributed by atoms with Gasteiger partial charge in [-0.05, 0) is 19.8 Å². The lowest BCUT2D eigenvalue weighted by Crippen LogP contribution is -2.51. The molecule has 2 aliphatic rings. The Kier molecular flexibility index (Phi) is 7.22. The Balaban J connectivity index is 1.74. The van der Waals surface area contributed by atoms with Crippen molar-refractivity contribution in [3.05, 3.63) is 0 Å². The maximum atomic E-state index is 12.2. The molecule has 2 heterocycles. The summed E-state index contributed by atoms with van der Waals surface area (Å²) >= 11 is 0. The van der Waals surface area contributed by atoms with Crippen LogP contribution in [0, 0.1) is 5.92 Å². The number of piperidine rings is 1. The molecule has 0 N–H and O–H groups in total. The van der Waals surface area contributed by atoms with E-state index in [1.807, 2.05) is 0 Å². The van der Waals surface area contributed by atoms with Crippen LogP contribution in [-0.2, 0) is 34.4 Å². The van der Waals surface area contributed by atoms with E-state index in [-0.39, 0.29) is 57.5 Å². The van der Waals surface area contributed by atoms with E-state index >= 15 is 0 Å². The van der Waals surface area contributed by atoms with Crippen LogP contribution in [0.15, 0.2) is 0 Å². The van der Waals surface area contributed by atoms with Crippen molar-refractivity contribution in [1.82, 2.24) is 13.5 Å². The molecule has 1 amide bonds. The quantitative estimate of drug-likeness (QED) is 0.485. The van der Waals surface area contributed by atoms with Gasteiger partial charge in [0.2, 0.25) is 20.0 Å². The molecule has 0 radical (unpaired) electrons. The van der Waals surface area contributed by atoms with Crippen molar-refractivity contribution >= 4 is 31.9 Å². The van der Waals surface area contributed by atoms with Crippen LogP contribution in [0.3, 0.4) is 0 Å². The minimum Gasteiger partial charge on any atom is -0.455 e. The highest BCUT2D eigenvalue weighted by Crippen LogP contribution is 2.21. The highest BCUT2D eigenvalue weighted by atomic mass is 32.2. The summed E-state index contributed by atoms with van der Waals surface area (Å²) in [5, 5.41) is 0. The van der Waals surface area contributed by atoms with Gasteiger partial charge in [-0.3, -0.25) is 9.59 Å². The Morgan fingerprint density at radius 1 is 0.926 bits per heavy atom. The maximum absolute atomic E-state index is 12.2. The number of hydrogen-bond donors (Lipinski definition) is 0. The van der Waals surface area contributed by atoms with Crippen LogP contribution in [0.5, 0.6) is 0 Å². The summed E-state index contributed by atoms with van der Waals surface area (Å²) in [5.41, 5.74) is 0. The number of piperazine rings is 1. The lowest BCUT2D eigenvalue weighted by Gasteiger charge is -2.33. The standard InChI is InChI=1S/C15H27N3O7S2/c1-3-27(23,24)18-6-4-13(5-7-18)15(20)25-12-14(19)16-8-10-17(11-9-16)26(2,21)22/h13H,3-12H2,1-2H3. The second-order valence-electron chi connectivity index (χ2n) is 6.72. The van der Waals surface area contributed by atoms with Gasteiger partial charge >= 0.3 is 5.97 Å². The summed E-state index contributed by atoms with van der Waals surface area (Å²) in [6, 6.07) is 0. The van der Waals surface area contributed by atoms with Crippen LogP contribution in [0.2, 0.25) is 0 Å². The number of esters is 1. The number of sulfonamides is 2. The normalized spacial score (nSPS) is 21.2. The van der Waals surface area contributed by atoms with Gasteiger partial charge in [0.1, 0.15) is 0 Å². The Labute approximate surface area is 160 Å². The van der Waals surface area contributed by atoms with E-state index in [0.717, 1.165) is 6.26 Å². The molecule has 156 valence electrons. The van der Waals surface area contributed by atoms with E-state index < -0.39 is 31.9 Å². The summed E-state index contributed by atoms with van der Waals surface area (Å²) in [6.45, 7) is 2.72. The largest absolute Gasteiger partial charge is 0.455 e. The molecule has 2 rings (SSSR count). The lowest BCUT2D eigenvalue weighted by atomic mass is 9.98. The van der Waals surface area contributed by atoms with Gasteiger partial charge in [-0.1, -0.05) is 0 Å². The Hall–Kier alpha value is -1.24. The molecule has 0 aromatic carbocycles. The Bertz CT molecular complexity index is 750. The molecule has 0 aromatic heterocycles. The smallest absolute Gasteiger partial charge is 0.309 e. The molecule has 27 heavy (non-hydrogen) atoms. The van der Waals surface area contributed by atoms with Crippen LogP contribution in [0.25, 0.3) is 0 Å². The monoisotopic (exact) mass is 425 g/mol. The van der Waals surface area contributed by atoms with Gasteiger partial charge in [0.25, 0.3) is 5.91 Å². The van der Waals surface area contributed by atoms with Crippen molar-refractivity contribution in [3.8, 4) is 0 Å². The summed E-state index contributed by atoms with van der Waals surface area (Å²) in [5.74, 6) is -1.24. The average Bonchev–Trinajstić information content (AvgIpc) is 2.65. The minimum atomic E-state index is -3.27. The molecule has 12 heteroatoms. The third-order valence-corrected chi connectivity index (χ3v) is 8.13. The van der Waals surface area contributed by atoms with Gasteiger partial charge in [-0.15, -0.1) is 0 Å². The van der Waals surface area contributed by atoms with Gasteiger partial charge in [0.15, 0.2) is 6.61 Å². The van der Waals surface area contributed by atoms with Crippen LogP contribution in [0.4, 0.5) is 0 Å². The number of carbonyl (C=O) groups excluding carboxylic acids is 2. The van der Waals surface area contributed by atoms with E-state index in [2.05, 4.69) is 0 Å². The second-order valence-corrected chi connectivity index (χ2v) is 11.0. The Morgan fingerprint density at radius 2 is 1.48 bits per heavy atom. The molecule has 2 saturated heterocycles. The van der Waals surface area contributed by atoms with Crippen molar-refractivity contribution < 1.29 is 31.2 Å². The highest BCUT2D eigenvalue weighted by Gasteiger charge is 2.32. The van der Waals surface area contributed by atoms with Crippen molar-refractivity contribution in [1.29, 1.82) is 0 Å². The van der Waals surface area contributed by atoms with Gasteiger partial charge in [0.05, 0.1) is 17.9 Å². The van der Waals surface area contributed by atoms with Gasteiger partial charge in [-0.25, -0.2) is 21.1 Å². The highest BCUT2D eigenvalue weighted by molar-refractivity contribution is 7.89. The number of amides is 1. The summed E-state index contributed by atoms with van der Waals surface area (Å²) in [6.07, 6.45) is 1.88. The number of hydrogen-bond acceptors (Lipinski definition) is 7. The summed E-state index contributed by atoms with van der Waals surface area (Å²) < 4.78 is 54.4. The van der Waals surface area contributed by atoms with Crippen LogP contribution in [-0.4, -0.2) is 100 Å². The molecule has 2 fully saturated rings. The number of rotatable bonds is 6. The molecule has 0 saturated carbocycles. The molecule has 0 unspecified atom stereocenters. The average molecular weight is 426 g/mol. The van der Waals surface area contributed by atoms with Crippen molar-refractivity contribution in [3.63, 3.8) is 0 Å². The molecule has 0 atom stereocenters. The van der Waals surface area contributed by atoms with E-state index in [0.29, 0.717) is 12.8 Å². The molecule has 2 aliphatic heterocycles. The number of nitrogens with zero attached hydrogens (tertiary/aromatic N) is 3. The zero-order valence-corrected chi connectivity index (χ0v) is 17.3. The van der Waals surface area contributed by atoms with E-state index in [1.54, 1.807) is 6.92 Å². The molecule has 0 aliphatic carbocycles. The van der Waals surface area contributed by atoms with Crippen LogP contribution < -0.4 is 0 Å². The lowest BCUT2D eigenvalue weighted by molar-refractivity contribution is -0.156. The van der Waals surface area contributed by atoms with E-state index in [9.17, 15) is 26.4 Å². The second kappa shape index (κ2) is 8.84. The topological polar surface area (TPSA) is 121 Å². The first kappa shape index (κ1) is 22.1. The fourth-order valence-electron chi connectivity index (χ4n) is 3.16. The molecular weight excluding hydrogens is 398 g/mol. The van der Waals surface area contributed by atoms with Gasteiger partial charge in [0, 0.05) is 39.3 Å². The molecular formula is C15H27N3O7S2. The summed E-state index contributed by atoms with van der Waals surface area (Å²) in [4.78, 5) is 25.8. The first-order chi connectivity index (χ1) is 12.5. The Morgan fingerprint density at radius 3 is 1.96 bits per heavy atom. The van der Waals surface area contributed by atoms with Crippen LogP contribution >= 0.6 is 0 Å². The first-order valence-electron chi connectivity index (χ1n) is 8.92. The third-order valence-electron chi connectivity index (χ3n) is 4.94. The van der Waals surface area contributed by atoms with Crippen molar-refractivity contribution in [2.45, 2.75) is 19.8 Å². The zero-order chi connectivity index (χ0) is 20.2. The van der Waals surface area contributed by atoms with E-state index in [4.69, 9.17) is 4.74 Å². The van der Waals surface area contributed by atoms with E-state index in [1.165, 1.54) is 13.5 Å². The minimum absolute atomic E-state index is 0.0310. The first-order valence-corrected chi connectivity index (χ1v) is 12.4. The van der Waals surface area contributed by atoms with Gasteiger partial charge < -0.3 is 9.64 Å².